The van der Waals surface area contributed by atoms with Crippen molar-refractivity contribution in [2.75, 3.05) is 6.61 Å². The number of esters is 1. The van der Waals surface area contributed by atoms with Crippen LogP contribution >= 0.6 is 0 Å². The van der Waals surface area contributed by atoms with Crippen molar-refractivity contribution >= 4 is 23.3 Å². The second kappa shape index (κ2) is 15.0. The molecule has 2 saturated carbocycles. The summed E-state index contributed by atoms with van der Waals surface area (Å²) in [6.07, 6.45) is 5.54. The number of nitro benzene ring substituents is 2. The first-order valence-electron chi connectivity index (χ1n) is 13.4. The molecule has 4 rings (SSSR count). The number of carbonyl (C=O) groups is 2. The van der Waals surface area contributed by atoms with E-state index in [1.807, 2.05) is 0 Å². The Morgan fingerprint density at radius 1 is 0.829 bits per heavy atom. The van der Waals surface area contributed by atoms with Crippen molar-refractivity contribution in [1.29, 1.82) is 0 Å². The Kier molecular flexibility index (Phi) is 12.0. The topological polar surface area (TPSA) is 190 Å². The molecule has 0 saturated heterocycles. The van der Waals surface area contributed by atoms with Gasteiger partial charge in [0, 0.05) is 23.3 Å². The summed E-state index contributed by atoms with van der Waals surface area (Å²) in [6.45, 7) is 2.12. The first-order chi connectivity index (χ1) is 19.0. The summed E-state index contributed by atoms with van der Waals surface area (Å²) in [5, 5.41) is 50.7. The largest absolute Gasteiger partial charge is 0.502 e. The maximum Gasteiger partial charge on any atom is 0.310 e. The van der Waals surface area contributed by atoms with Gasteiger partial charge in [0.2, 0.25) is 0 Å². The van der Waals surface area contributed by atoms with E-state index in [0.29, 0.717) is 37.0 Å². The Morgan fingerprint density at radius 3 is 1.68 bits per heavy atom. The van der Waals surface area contributed by atoms with Crippen molar-refractivity contribution in [3.8, 4) is 11.5 Å². The second-order valence-corrected chi connectivity index (χ2v) is 10.2. The van der Waals surface area contributed by atoms with E-state index < -0.39 is 21.7 Å². The summed E-state index contributed by atoms with van der Waals surface area (Å²) in [6, 6.07) is 8.96. The highest BCUT2D eigenvalue weighted by Gasteiger charge is 2.32. The molecule has 0 amide bonds. The molecule has 12 heteroatoms. The van der Waals surface area contributed by atoms with Crippen LogP contribution in [0.2, 0.25) is 0 Å². The maximum absolute atomic E-state index is 11.8. The minimum atomic E-state index is -0.838. The predicted octanol–water partition coefficient (Wildman–Crippen LogP) is 6.43. The lowest BCUT2D eigenvalue weighted by Gasteiger charge is -2.28. The fourth-order valence-corrected chi connectivity index (χ4v) is 5.69. The SMILES string of the molecule is C.CCOC(=O)C1CCCC(c2cccc([N+](=O)[O-])c2O)C1.O=C(O)C1CCCC(c2cccc([N+](=O)[O-])c2O)C1. The Morgan fingerprint density at radius 2 is 1.27 bits per heavy atom. The minimum Gasteiger partial charge on any atom is -0.502 e. The van der Waals surface area contributed by atoms with Crippen molar-refractivity contribution in [2.45, 2.75) is 77.6 Å². The van der Waals surface area contributed by atoms with Crippen molar-refractivity contribution < 1.29 is 39.5 Å². The lowest BCUT2D eigenvalue weighted by Crippen LogP contribution is -2.24. The summed E-state index contributed by atoms with van der Waals surface area (Å²) < 4.78 is 5.05. The highest BCUT2D eigenvalue weighted by atomic mass is 16.6. The molecule has 0 heterocycles. The molecule has 2 aliphatic carbocycles. The van der Waals surface area contributed by atoms with E-state index in [-0.39, 0.29) is 54.0 Å². The molecular weight excluding hydrogens is 536 g/mol. The van der Waals surface area contributed by atoms with E-state index in [2.05, 4.69) is 0 Å². The van der Waals surface area contributed by atoms with Crippen LogP contribution in [-0.2, 0) is 14.3 Å². The van der Waals surface area contributed by atoms with Gasteiger partial charge >= 0.3 is 23.3 Å². The first-order valence-corrected chi connectivity index (χ1v) is 13.4. The summed E-state index contributed by atoms with van der Waals surface area (Å²) in [5.41, 5.74) is 0.430. The predicted molar refractivity (Wildman–Crippen MR) is 150 cm³/mol. The monoisotopic (exact) mass is 574 g/mol. The summed E-state index contributed by atoms with van der Waals surface area (Å²) in [4.78, 5) is 43.3. The fraction of sp³-hybridized carbons (Fsp3) is 0.517. The highest BCUT2D eigenvalue weighted by Crippen LogP contribution is 2.44. The molecule has 0 spiro atoms. The quantitative estimate of drug-likeness (QED) is 0.188. The number of ether oxygens (including phenoxy) is 1. The van der Waals surface area contributed by atoms with Crippen LogP contribution in [0.3, 0.4) is 0 Å². The number of carbonyl (C=O) groups excluding carboxylic acids is 1. The number of para-hydroxylation sites is 2. The molecule has 4 atom stereocenters. The Hall–Kier alpha value is -4.22. The molecule has 224 valence electrons. The second-order valence-electron chi connectivity index (χ2n) is 10.2. The van der Waals surface area contributed by atoms with Gasteiger partial charge in [-0.2, -0.15) is 0 Å². The average molecular weight is 575 g/mol. The number of aliphatic carboxylic acids is 1. The molecule has 0 radical (unpaired) electrons. The van der Waals surface area contributed by atoms with Gasteiger partial charge in [0.25, 0.3) is 0 Å². The standard InChI is InChI=1S/C15H19NO5.C13H15NO5.CH4/c1-2-21-15(18)11-6-3-5-10(9-11)12-7-4-8-13(14(12)17)16(19)20;15-12-10(5-2-6-11(12)14(18)19)8-3-1-4-9(7-8)13(16)17;/h4,7-8,10-11,17H,2-3,5-6,9H2,1H3;2,5-6,8-9,15H,1,3-4,7H2,(H,16,17);1H4. The van der Waals surface area contributed by atoms with Crippen molar-refractivity contribution in [3.05, 3.63) is 67.8 Å². The Balaban J connectivity index is 0.000000281. The van der Waals surface area contributed by atoms with Gasteiger partial charge in [-0.05, 0) is 57.3 Å². The van der Waals surface area contributed by atoms with Crippen LogP contribution in [0, 0.1) is 32.1 Å². The Labute approximate surface area is 238 Å². The number of aromatic hydroxyl groups is 2. The third kappa shape index (κ3) is 8.15. The molecule has 41 heavy (non-hydrogen) atoms. The van der Waals surface area contributed by atoms with Gasteiger partial charge in [-0.1, -0.05) is 44.5 Å². The fourth-order valence-electron chi connectivity index (χ4n) is 5.69. The van der Waals surface area contributed by atoms with Gasteiger partial charge in [0.05, 0.1) is 28.3 Å². The zero-order chi connectivity index (χ0) is 29.4. The molecule has 0 aromatic heterocycles. The van der Waals surface area contributed by atoms with Crippen LogP contribution in [0.1, 0.15) is 88.7 Å². The van der Waals surface area contributed by atoms with Crippen LogP contribution in [0.4, 0.5) is 11.4 Å². The lowest BCUT2D eigenvalue weighted by atomic mass is 9.77. The number of phenolic OH excluding ortho intramolecular Hbond substituents is 2. The maximum atomic E-state index is 11.8. The molecule has 3 N–H and O–H groups in total. The van der Waals surface area contributed by atoms with E-state index in [0.717, 1.165) is 32.1 Å². The van der Waals surface area contributed by atoms with E-state index in [4.69, 9.17) is 9.84 Å². The summed E-state index contributed by atoms with van der Waals surface area (Å²) in [7, 11) is 0. The number of nitrogens with zero attached hydrogens (tertiary/aromatic N) is 2. The molecule has 2 fully saturated rings. The van der Waals surface area contributed by atoms with Gasteiger partial charge in [0.15, 0.2) is 11.5 Å². The number of phenols is 2. The normalized spacial score (nSPS) is 21.8. The molecule has 12 nitrogen and oxygen atoms in total. The average Bonchev–Trinajstić information content (AvgIpc) is 2.93. The van der Waals surface area contributed by atoms with Gasteiger partial charge in [-0.3, -0.25) is 29.8 Å². The molecular formula is C29H38N2O10. The highest BCUT2D eigenvalue weighted by molar-refractivity contribution is 5.72. The van der Waals surface area contributed by atoms with Gasteiger partial charge in [-0.25, -0.2) is 0 Å². The number of benzene rings is 2. The van der Waals surface area contributed by atoms with Gasteiger partial charge in [0.1, 0.15) is 0 Å². The van der Waals surface area contributed by atoms with E-state index in [9.17, 15) is 40.0 Å². The number of nitro groups is 2. The van der Waals surface area contributed by atoms with E-state index >= 15 is 0 Å². The van der Waals surface area contributed by atoms with E-state index in [1.165, 1.54) is 18.2 Å². The summed E-state index contributed by atoms with van der Waals surface area (Å²) >= 11 is 0. The zero-order valence-electron chi connectivity index (χ0n) is 22.2. The van der Waals surface area contributed by atoms with Crippen LogP contribution in [0.15, 0.2) is 36.4 Å². The lowest BCUT2D eigenvalue weighted by molar-refractivity contribution is -0.386. The summed E-state index contributed by atoms with van der Waals surface area (Å²) in [5.74, 6) is -2.47. The molecule has 2 aromatic carbocycles. The van der Waals surface area contributed by atoms with Crippen molar-refractivity contribution in [1.82, 2.24) is 0 Å². The molecule has 0 aliphatic heterocycles. The molecule has 0 bridgehead atoms. The van der Waals surface area contributed by atoms with Crippen molar-refractivity contribution in [2.24, 2.45) is 11.8 Å². The third-order valence-electron chi connectivity index (χ3n) is 7.68. The number of carboxylic acid groups (broad SMARTS) is 1. The first kappa shape index (κ1) is 33.0. The van der Waals surface area contributed by atoms with Crippen molar-refractivity contribution in [3.63, 3.8) is 0 Å². The zero-order valence-corrected chi connectivity index (χ0v) is 22.2. The molecule has 2 aliphatic rings. The van der Waals surface area contributed by atoms with Crippen LogP contribution < -0.4 is 0 Å². The molecule has 2 aromatic rings. The van der Waals surface area contributed by atoms with Gasteiger partial charge < -0.3 is 20.1 Å². The van der Waals surface area contributed by atoms with E-state index in [1.54, 1.807) is 25.1 Å². The van der Waals surface area contributed by atoms with Crippen LogP contribution in [0.25, 0.3) is 0 Å². The number of rotatable bonds is 7. The van der Waals surface area contributed by atoms with Gasteiger partial charge in [-0.15, -0.1) is 0 Å². The van der Waals surface area contributed by atoms with Crippen LogP contribution in [-0.4, -0.2) is 43.7 Å². The smallest absolute Gasteiger partial charge is 0.310 e. The van der Waals surface area contributed by atoms with Crippen LogP contribution in [0.5, 0.6) is 11.5 Å². The number of hydrogen-bond acceptors (Lipinski definition) is 9. The number of hydrogen-bond donors (Lipinski definition) is 3. The number of carboxylic acids is 1. The minimum absolute atomic E-state index is 0. The Bertz CT molecular complexity index is 1250. The third-order valence-corrected chi connectivity index (χ3v) is 7.68. The molecule has 4 unspecified atom stereocenters.